The Kier molecular flexibility index (Phi) is 5.36. The molecule has 1 amide bonds. The van der Waals surface area contributed by atoms with Gasteiger partial charge in [-0.05, 0) is 37.2 Å². The van der Waals surface area contributed by atoms with Crippen LogP contribution in [-0.4, -0.2) is 26.0 Å². The smallest absolute Gasteiger partial charge is 0.229 e. The van der Waals surface area contributed by atoms with Gasteiger partial charge in [0.15, 0.2) is 0 Å². The van der Waals surface area contributed by atoms with Crippen LogP contribution in [0.3, 0.4) is 0 Å². The second-order valence-electron chi connectivity index (χ2n) is 5.81. The molecule has 4 heteroatoms. The van der Waals surface area contributed by atoms with Crippen LogP contribution < -0.4 is 16.0 Å². The normalized spacial score (nSPS) is 11.2. The van der Waals surface area contributed by atoms with Gasteiger partial charge in [0.2, 0.25) is 5.91 Å². The lowest BCUT2D eigenvalue weighted by Crippen LogP contribution is -2.27. The Balaban J connectivity index is 2.64. The van der Waals surface area contributed by atoms with Crippen molar-refractivity contribution in [3.63, 3.8) is 0 Å². The number of anilines is 2. The molecule has 0 bridgehead atoms. The third-order valence-corrected chi connectivity index (χ3v) is 2.94. The Bertz CT molecular complexity index is 406. The maximum atomic E-state index is 11.9. The molecule has 0 radical (unpaired) electrons. The molecule has 0 aromatic heterocycles. The highest BCUT2D eigenvalue weighted by Crippen LogP contribution is 2.20. The number of rotatable bonds is 5. The van der Waals surface area contributed by atoms with Crippen LogP contribution in [0, 0.1) is 5.41 Å². The molecule has 1 rings (SSSR count). The van der Waals surface area contributed by atoms with Gasteiger partial charge in [-0.2, -0.15) is 0 Å². The molecule has 1 aromatic rings. The summed E-state index contributed by atoms with van der Waals surface area (Å²) in [5.74, 6) is 0.0248. The Morgan fingerprint density at radius 3 is 2.32 bits per heavy atom. The van der Waals surface area contributed by atoms with Crippen molar-refractivity contribution in [2.75, 3.05) is 30.4 Å². The molecule has 0 saturated heterocycles. The molecule has 0 aliphatic heterocycles. The molecule has 106 valence electrons. The van der Waals surface area contributed by atoms with Crippen LogP contribution >= 0.6 is 0 Å². The molecule has 0 aliphatic carbocycles. The summed E-state index contributed by atoms with van der Waals surface area (Å²) in [5, 5.41) is 2.91. The van der Waals surface area contributed by atoms with Gasteiger partial charge in [0.05, 0.1) is 0 Å². The average molecular weight is 263 g/mol. The zero-order valence-electron chi connectivity index (χ0n) is 12.4. The van der Waals surface area contributed by atoms with Crippen molar-refractivity contribution in [3.8, 4) is 0 Å². The number of nitrogens with two attached hydrogens (primary N) is 1. The van der Waals surface area contributed by atoms with Crippen molar-refractivity contribution < 1.29 is 4.79 Å². The third-order valence-electron chi connectivity index (χ3n) is 2.94. The minimum atomic E-state index is -0.378. The fourth-order valence-electron chi connectivity index (χ4n) is 1.58. The zero-order chi connectivity index (χ0) is 14.5. The summed E-state index contributed by atoms with van der Waals surface area (Å²) in [5.41, 5.74) is 7.08. The van der Waals surface area contributed by atoms with E-state index >= 15 is 0 Å². The van der Waals surface area contributed by atoms with E-state index in [-0.39, 0.29) is 11.3 Å². The first-order chi connectivity index (χ1) is 8.84. The molecule has 3 N–H and O–H groups in total. The predicted molar refractivity (Wildman–Crippen MR) is 81.5 cm³/mol. The number of benzene rings is 1. The second-order valence-corrected chi connectivity index (χ2v) is 5.81. The van der Waals surface area contributed by atoms with E-state index in [1.807, 2.05) is 52.1 Å². The van der Waals surface area contributed by atoms with E-state index in [0.29, 0.717) is 6.54 Å². The Morgan fingerprint density at radius 1 is 1.26 bits per heavy atom. The number of nitrogens with one attached hydrogen (secondary N) is 1. The Hall–Kier alpha value is -1.55. The summed E-state index contributed by atoms with van der Waals surface area (Å²) < 4.78 is 0. The number of hydrogen-bond donors (Lipinski definition) is 2. The van der Waals surface area contributed by atoms with Crippen molar-refractivity contribution in [2.45, 2.75) is 27.2 Å². The van der Waals surface area contributed by atoms with Gasteiger partial charge in [0, 0.05) is 30.4 Å². The van der Waals surface area contributed by atoms with Crippen molar-refractivity contribution in [2.24, 2.45) is 11.1 Å². The van der Waals surface area contributed by atoms with Gasteiger partial charge in [-0.3, -0.25) is 4.79 Å². The van der Waals surface area contributed by atoms with Crippen molar-refractivity contribution in [3.05, 3.63) is 24.3 Å². The predicted octanol–water partition coefficient (Wildman–Crippen LogP) is 2.46. The van der Waals surface area contributed by atoms with Crippen molar-refractivity contribution in [1.29, 1.82) is 0 Å². The van der Waals surface area contributed by atoms with Gasteiger partial charge in [0.1, 0.15) is 0 Å². The first-order valence-electron chi connectivity index (χ1n) is 6.67. The minimum Gasteiger partial charge on any atom is -0.375 e. The highest BCUT2D eigenvalue weighted by atomic mass is 16.2. The van der Waals surface area contributed by atoms with E-state index in [1.54, 1.807) is 0 Å². The summed E-state index contributed by atoms with van der Waals surface area (Å²) in [6, 6.07) is 7.87. The molecule has 0 heterocycles. The Labute approximate surface area is 116 Å². The second kappa shape index (κ2) is 6.57. The van der Waals surface area contributed by atoms with Gasteiger partial charge in [-0.15, -0.1) is 0 Å². The summed E-state index contributed by atoms with van der Waals surface area (Å²) in [7, 11) is 2.04. The minimum absolute atomic E-state index is 0.0248. The highest BCUT2D eigenvalue weighted by molar-refractivity contribution is 5.94. The van der Waals surface area contributed by atoms with Crippen LogP contribution in [0.25, 0.3) is 0 Å². The van der Waals surface area contributed by atoms with Gasteiger partial charge in [0.25, 0.3) is 0 Å². The van der Waals surface area contributed by atoms with E-state index in [4.69, 9.17) is 5.73 Å². The first kappa shape index (κ1) is 15.5. The zero-order valence-corrected chi connectivity index (χ0v) is 12.4. The molecular formula is C15H25N3O. The molecule has 0 spiro atoms. The van der Waals surface area contributed by atoms with Crippen LogP contribution in [0.2, 0.25) is 0 Å². The van der Waals surface area contributed by atoms with E-state index in [0.717, 1.165) is 24.3 Å². The lowest BCUT2D eigenvalue weighted by Gasteiger charge is -2.20. The number of carbonyl (C=O) groups excluding carboxylic acids is 1. The van der Waals surface area contributed by atoms with E-state index in [2.05, 4.69) is 10.2 Å². The lowest BCUT2D eigenvalue weighted by atomic mass is 9.95. The number of nitrogens with zero attached hydrogens (tertiary/aromatic N) is 1. The maximum Gasteiger partial charge on any atom is 0.229 e. The SMILES string of the molecule is CN(CCCN)c1ccc(NC(=O)C(C)(C)C)cc1. The molecule has 1 aromatic carbocycles. The van der Waals surface area contributed by atoms with Crippen molar-refractivity contribution in [1.82, 2.24) is 0 Å². The highest BCUT2D eigenvalue weighted by Gasteiger charge is 2.20. The topological polar surface area (TPSA) is 58.4 Å². The molecule has 0 fully saturated rings. The monoisotopic (exact) mass is 263 g/mol. The summed E-state index contributed by atoms with van der Waals surface area (Å²) >= 11 is 0. The quantitative estimate of drug-likeness (QED) is 0.858. The molecular weight excluding hydrogens is 238 g/mol. The third kappa shape index (κ3) is 4.91. The van der Waals surface area contributed by atoms with Crippen molar-refractivity contribution >= 4 is 17.3 Å². The number of hydrogen-bond acceptors (Lipinski definition) is 3. The summed E-state index contributed by atoms with van der Waals surface area (Å²) in [6.45, 7) is 7.33. The molecule has 0 atom stereocenters. The van der Waals surface area contributed by atoms with Gasteiger partial charge < -0.3 is 16.0 Å². The maximum absolute atomic E-state index is 11.9. The van der Waals surface area contributed by atoms with E-state index in [1.165, 1.54) is 0 Å². The molecule has 0 unspecified atom stereocenters. The van der Waals surface area contributed by atoms with Crippen LogP contribution in [0.1, 0.15) is 27.2 Å². The summed E-state index contributed by atoms with van der Waals surface area (Å²) in [4.78, 5) is 14.0. The largest absolute Gasteiger partial charge is 0.375 e. The fourth-order valence-corrected chi connectivity index (χ4v) is 1.58. The average Bonchev–Trinajstić information content (AvgIpc) is 2.35. The van der Waals surface area contributed by atoms with Crippen LogP contribution in [-0.2, 0) is 4.79 Å². The Morgan fingerprint density at radius 2 is 1.84 bits per heavy atom. The number of carbonyl (C=O) groups is 1. The van der Waals surface area contributed by atoms with E-state index in [9.17, 15) is 4.79 Å². The molecule has 0 aliphatic rings. The van der Waals surface area contributed by atoms with Gasteiger partial charge >= 0.3 is 0 Å². The first-order valence-corrected chi connectivity index (χ1v) is 6.67. The molecule has 19 heavy (non-hydrogen) atoms. The standard InChI is InChI=1S/C15H25N3O/c1-15(2,3)14(19)17-12-6-8-13(9-7-12)18(4)11-5-10-16/h6-9H,5,10-11,16H2,1-4H3,(H,17,19). The van der Waals surface area contributed by atoms with Crippen LogP contribution in [0.5, 0.6) is 0 Å². The van der Waals surface area contributed by atoms with E-state index < -0.39 is 0 Å². The fraction of sp³-hybridized carbons (Fsp3) is 0.533. The lowest BCUT2D eigenvalue weighted by molar-refractivity contribution is -0.123. The molecule has 0 saturated carbocycles. The van der Waals surface area contributed by atoms with Crippen LogP contribution in [0.15, 0.2) is 24.3 Å². The van der Waals surface area contributed by atoms with Gasteiger partial charge in [-0.1, -0.05) is 20.8 Å². The van der Waals surface area contributed by atoms with Gasteiger partial charge in [-0.25, -0.2) is 0 Å². The summed E-state index contributed by atoms with van der Waals surface area (Å²) in [6.07, 6.45) is 0.971. The van der Waals surface area contributed by atoms with Crippen LogP contribution in [0.4, 0.5) is 11.4 Å². The molecule has 4 nitrogen and oxygen atoms in total. The number of amides is 1.